The molecule has 4 heteroatoms. The predicted molar refractivity (Wildman–Crippen MR) is 108 cm³/mol. The summed E-state index contributed by atoms with van der Waals surface area (Å²) in [6.45, 7) is 6.37. The van der Waals surface area contributed by atoms with Gasteiger partial charge in [0.25, 0.3) is 0 Å². The van der Waals surface area contributed by atoms with Crippen LogP contribution in [-0.4, -0.2) is 0 Å². The molecule has 0 spiro atoms. The van der Waals surface area contributed by atoms with E-state index in [-0.39, 0.29) is 5.41 Å². The molecule has 2 aliphatic carbocycles. The Morgan fingerprint density at radius 2 is 2.12 bits per heavy atom. The van der Waals surface area contributed by atoms with Crippen LogP contribution in [0, 0.1) is 21.1 Å². The van der Waals surface area contributed by atoms with Crippen molar-refractivity contribution in [3.8, 4) is 0 Å². The normalized spacial score (nSPS) is 30.5. The van der Waals surface area contributed by atoms with Crippen LogP contribution in [0.1, 0.15) is 51.9 Å². The summed E-state index contributed by atoms with van der Waals surface area (Å²) in [5.74, 6) is 0.623. The van der Waals surface area contributed by atoms with E-state index in [1.165, 1.54) is 23.8 Å². The Kier molecular flexibility index (Phi) is 7.64. The zero-order valence-corrected chi connectivity index (χ0v) is 15.6. The van der Waals surface area contributed by atoms with E-state index < -0.39 is 0 Å². The fraction of sp³-hybridized carbons (Fsp3) is 0.455. The second-order valence-corrected chi connectivity index (χ2v) is 7.16. The topological polar surface area (TPSA) is 58.9 Å². The molecule has 138 valence electrons. The van der Waals surface area contributed by atoms with Gasteiger partial charge in [-0.15, -0.1) is 9.81 Å². The Bertz CT molecular complexity index is 682. The van der Waals surface area contributed by atoms with Gasteiger partial charge in [0.2, 0.25) is 0 Å². The molecular formula is C22H28N2O2. The molecule has 0 N–H and O–H groups in total. The van der Waals surface area contributed by atoms with Gasteiger partial charge in [0.15, 0.2) is 0 Å². The minimum absolute atomic E-state index is 0.0936. The summed E-state index contributed by atoms with van der Waals surface area (Å²) in [6.07, 6.45) is 22.1. The zero-order valence-electron chi connectivity index (χ0n) is 15.6. The van der Waals surface area contributed by atoms with Gasteiger partial charge in [-0.3, -0.25) is 0 Å². The molecular weight excluding hydrogens is 324 g/mol. The lowest BCUT2D eigenvalue weighted by molar-refractivity contribution is 0.235. The maximum atomic E-state index is 11.0. The first-order valence-corrected chi connectivity index (χ1v) is 9.39. The number of hydrogen-bond donors (Lipinski definition) is 0. The molecule has 2 rings (SSSR count). The van der Waals surface area contributed by atoms with Crippen LogP contribution in [0.2, 0.25) is 0 Å². The number of hydrogen-bond acceptors (Lipinski definition) is 4. The van der Waals surface area contributed by atoms with Crippen LogP contribution in [0.15, 0.2) is 82.5 Å². The van der Waals surface area contributed by atoms with Crippen LogP contribution >= 0.6 is 0 Å². The van der Waals surface area contributed by atoms with Gasteiger partial charge in [0, 0.05) is 5.41 Å². The molecule has 0 aromatic heterocycles. The Labute approximate surface area is 156 Å². The maximum absolute atomic E-state index is 11.0. The highest BCUT2D eigenvalue weighted by Crippen LogP contribution is 2.51. The molecule has 0 heterocycles. The van der Waals surface area contributed by atoms with Crippen molar-refractivity contribution in [2.24, 2.45) is 21.7 Å². The van der Waals surface area contributed by atoms with Gasteiger partial charge in [0.05, 0.1) is 6.20 Å². The summed E-state index contributed by atoms with van der Waals surface area (Å²) in [5.41, 5.74) is 2.85. The second kappa shape index (κ2) is 9.95. The van der Waals surface area contributed by atoms with E-state index >= 15 is 0 Å². The molecule has 0 saturated heterocycles. The second-order valence-electron chi connectivity index (χ2n) is 7.16. The van der Waals surface area contributed by atoms with E-state index in [2.05, 4.69) is 42.1 Å². The lowest BCUT2D eigenvalue weighted by Gasteiger charge is -2.43. The maximum Gasteiger partial charge on any atom is 0.104 e. The van der Waals surface area contributed by atoms with E-state index in [1.54, 1.807) is 6.08 Å². The Hall–Kier alpha value is -2.36. The first-order chi connectivity index (χ1) is 12.7. The van der Waals surface area contributed by atoms with Crippen LogP contribution in [-0.2, 0) is 0 Å². The van der Waals surface area contributed by atoms with Crippen molar-refractivity contribution in [3.05, 3.63) is 82.0 Å². The third-order valence-electron chi connectivity index (χ3n) is 5.39. The van der Waals surface area contributed by atoms with Crippen LogP contribution in [0.5, 0.6) is 0 Å². The predicted octanol–water partition coefficient (Wildman–Crippen LogP) is 6.89. The van der Waals surface area contributed by atoms with Crippen molar-refractivity contribution in [3.63, 3.8) is 0 Å². The summed E-state index contributed by atoms with van der Waals surface area (Å²) in [7, 11) is 0. The molecule has 0 amide bonds. The smallest absolute Gasteiger partial charge is 0.104 e. The van der Waals surface area contributed by atoms with Gasteiger partial charge in [-0.05, 0) is 65.6 Å². The summed E-state index contributed by atoms with van der Waals surface area (Å²) in [6, 6.07) is 0. The van der Waals surface area contributed by atoms with E-state index in [4.69, 9.17) is 0 Å². The molecule has 0 aromatic rings. The highest BCUT2D eigenvalue weighted by molar-refractivity contribution is 5.44. The van der Waals surface area contributed by atoms with Crippen molar-refractivity contribution in [1.82, 2.24) is 0 Å². The quantitative estimate of drug-likeness (QED) is 0.370. The summed E-state index contributed by atoms with van der Waals surface area (Å²) >= 11 is 0. The monoisotopic (exact) mass is 352 g/mol. The summed E-state index contributed by atoms with van der Waals surface area (Å²) in [4.78, 5) is 21.2. The van der Waals surface area contributed by atoms with E-state index in [9.17, 15) is 9.81 Å². The lowest BCUT2D eigenvalue weighted by atomic mass is 9.61. The fourth-order valence-electron chi connectivity index (χ4n) is 4.22. The summed E-state index contributed by atoms with van der Waals surface area (Å²) in [5, 5.41) is 5.89. The van der Waals surface area contributed by atoms with Crippen LogP contribution < -0.4 is 0 Å². The molecule has 0 unspecified atom stereocenters. The lowest BCUT2D eigenvalue weighted by Crippen LogP contribution is -2.31. The fourth-order valence-corrected chi connectivity index (χ4v) is 4.22. The number of allylic oxidation sites excluding steroid dienone is 9. The van der Waals surface area contributed by atoms with Gasteiger partial charge >= 0.3 is 0 Å². The molecule has 2 aliphatic rings. The Morgan fingerprint density at radius 1 is 1.31 bits per heavy atom. The first kappa shape index (κ1) is 20.0. The average Bonchev–Trinajstić information content (AvgIpc) is 2.62. The van der Waals surface area contributed by atoms with E-state index in [1.807, 2.05) is 18.2 Å². The van der Waals surface area contributed by atoms with Crippen molar-refractivity contribution in [2.75, 3.05) is 0 Å². The third-order valence-corrected chi connectivity index (χ3v) is 5.39. The molecule has 0 radical (unpaired) electrons. The van der Waals surface area contributed by atoms with E-state index in [0.29, 0.717) is 18.0 Å². The van der Waals surface area contributed by atoms with Gasteiger partial charge in [-0.2, -0.15) is 0 Å². The van der Waals surface area contributed by atoms with Gasteiger partial charge in [-0.1, -0.05) is 62.8 Å². The highest BCUT2D eigenvalue weighted by Gasteiger charge is 2.39. The number of nitrogens with zero attached hydrogens (tertiary/aromatic N) is 2. The SMILES string of the molecule is C=C/C(=C\C/C=C\N=O)[C@@]1(C2=CCC/C=C(N=O)\C=C/2)CCC[C@@H](C)C1. The molecule has 0 aromatic carbocycles. The minimum Gasteiger partial charge on any atom is -0.145 e. The van der Waals surface area contributed by atoms with Crippen molar-refractivity contribution >= 4 is 0 Å². The number of rotatable bonds is 7. The standard InChI is InChI=1S/C22H28N2O2/c1-3-19(10-6-7-16-23-25)22(15-8-9-18(2)17-22)20-11-4-5-12-21(24-26)14-13-20/h3,7,10-14,16,18H,1,4-6,8-9,15,17H2,2H3/b14-13-,16-7-,19-10+,20-11?,21-12+/t18-,22-/m1/s1. The molecule has 0 aliphatic heterocycles. The molecule has 2 atom stereocenters. The van der Waals surface area contributed by atoms with E-state index in [0.717, 1.165) is 32.1 Å². The molecule has 1 saturated carbocycles. The van der Waals surface area contributed by atoms with Crippen LogP contribution in [0.25, 0.3) is 0 Å². The van der Waals surface area contributed by atoms with Crippen LogP contribution in [0.4, 0.5) is 0 Å². The molecule has 1 fully saturated rings. The average molecular weight is 352 g/mol. The van der Waals surface area contributed by atoms with Gasteiger partial charge < -0.3 is 0 Å². The molecule has 0 bridgehead atoms. The molecule has 4 nitrogen and oxygen atoms in total. The van der Waals surface area contributed by atoms with Gasteiger partial charge in [0.1, 0.15) is 5.70 Å². The van der Waals surface area contributed by atoms with Crippen LogP contribution in [0.3, 0.4) is 0 Å². The number of nitroso groups, excluding NO2 is 2. The van der Waals surface area contributed by atoms with Crippen molar-refractivity contribution < 1.29 is 0 Å². The highest BCUT2D eigenvalue weighted by atomic mass is 16.3. The van der Waals surface area contributed by atoms with Crippen molar-refractivity contribution in [1.29, 1.82) is 0 Å². The van der Waals surface area contributed by atoms with Gasteiger partial charge in [-0.25, -0.2) is 0 Å². The molecule has 26 heavy (non-hydrogen) atoms. The first-order valence-electron chi connectivity index (χ1n) is 9.39. The largest absolute Gasteiger partial charge is 0.145 e. The zero-order chi connectivity index (χ0) is 18.8. The third kappa shape index (κ3) is 4.84. The van der Waals surface area contributed by atoms with Crippen molar-refractivity contribution in [2.45, 2.75) is 51.9 Å². The summed E-state index contributed by atoms with van der Waals surface area (Å²) < 4.78 is 0. The Morgan fingerprint density at radius 3 is 2.81 bits per heavy atom. The minimum atomic E-state index is -0.0936. The Balaban J connectivity index is 2.45.